The summed E-state index contributed by atoms with van der Waals surface area (Å²) in [5, 5.41) is 3.07. The fourth-order valence-corrected chi connectivity index (χ4v) is 4.24. The van der Waals surface area contributed by atoms with Crippen LogP contribution in [-0.4, -0.2) is 29.4 Å². The Morgan fingerprint density at radius 2 is 1.49 bits per heavy atom. The van der Waals surface area contributed by atoms with E-state index in [2.05, 4.69) is 10.1 Å². The van der Waals surface area contributed by atoms with Crippen molar-refractivity contribution < 1.29 is 53.8 Å². The topological polar surface area (TPSA) is 58.6 Å². The molecule has 0 spiro atoms. The molecule has 2 aromatic rings. The number of nitrogens with zero attached hydrogens (tertiary/aromatic N) is 1. The molecule has 0 unspecified atom stereocenters. The van der Waals surface area contributed by atoms with Gasteiger partial charge in [-0.3, -0.25) is 9.59 Å². The Morgan fingerprint density at radius 3 is 1.88 bits per heavy atom. The summed E-state index contributed by atoms with van der Waals surface area (Å²) in [6.07, 6.45) is -14.2. The first kappa shape index (κ1) is 33.8. The number of halogens is 9. The molecule has 0 fully saturated rings. The molecule has 2 aromatic carbocycles. The van der Waals surface area contributed by atoms with Gasteiger partial charge in [-0.05, 0) is 74.2 Å². The van der Waals surface area contributed by atoms with Gasteiger partial charge in [0.25, 0.3) is 6.47 Å². The van der Waals surface area contributed by atoms with E-state index in [4.69, 9.17) is 0 Å². The highest BCUT2D eigenvalue weighted by Crippen LogP contribution is 2.42. The summed E-state index contributed by atoms with van der Waals surface area (Å²) in [7, 11) is 0. The SMILES string of the molecule is CC(C)OC=O.CC[C@@H]1C[C@H](N(Cc2cc(C(F)(F)F)cc(C(F)(F)F)c2)C(C)=O)c2cc(C(F)(F)F)ccc2N1. The maximum absolute atomic E-state index is 13.3. The van der Waals surface area contributed by atoms with E-state index in [1.807, 2.05) is 0 Å². The zero-order chi connectivity index (χ0) is 31.3. The second kappa shape index (κ2) is 13.0. The fraction of sp³-hybridized carbons (Fsp3) is 0.481. The van der Waals surface area contributed by atoms with Crippen LogP contribution in [0.1, 0.15) is 74.4 Å². The first-order valence-electron chi connectivity index (χ1n) is 12.4. The number of ether oxygens (including phenoxy) is 1. The van der Waals surface area contributed by atoms with E-state index in [1.54, 1.807) is 20.8 Å². The number of nitrogens with one attached hydrogen (secondary N) is 1. The van der Waals surface area contributed by atoms with Gasteiger partial charge < -0.3 is 15.0 Å². The maximum Gasteiger partial charge on any atom is 0.416 e. The van der Waals surface area contributed by atoms with Gasteiger partial charge >= 0.3 is 18.5 Å². The molecule has 1 aliphatic heterocycles. The highest BCUT2D eigenvalue weighted by Gasteiger charge is 2.39. The zero-order valence-corrected chi connectivity index (χ0v) is 22.5. The zero-order valence-electron chi connectivity index (χ0n) is 22.5. The second-order valence-electron chi connectivity index (χ2n) is 9.64. The third kappa shape index (κ3) is 9.28. The molecule has 3 rings (SSSR count). The number of benzene rings is 2. The average Bonchev–Trinajstić information content (AvgIpc) is 2.84. The summed E-state index contributed by atoms with van der Waals surface area (Å²) >= 11 is 0. The minimum Gasteiger partial charge on any atom is -0.465 e. The molecule has 1 amide bonds. The van der Waals surface area contributed by atoms with Gasteiger partial charge in [0.2, 0.25) is 5.91 Å². The first-order chi connectivity index (χ1) is 18.8. The van der Waals surface area contributed by atoms with Crippen LogP contribution < -0.4 is 5.32 Å². The van der Waals surface area contributed by atoms with Gasteiger partial charge in [-0.1, -0.05) is 6.92 Å². The lowest BCUT2D eigenvalue weighted by molar-refractivity contribution is -0.143. The molecule has 2 atom stereocenters. The lowest BCUT2D eigenvalue weighted by Crippen LogP contribution is -2.39. The number of anilines is 1. The molecule has 5 nitrogen and oxygen atoms in total. The monoisotopic (exact) mass is 600 g/mol. The highest BCUT2D eigenvalue weighted by atomic mass is 19.4. The summed E-state index contributed by atoms with van der Waals surface area (Å²) in [5.41, 5.74) is -4.11. The number of carbonyl (C=O) groups is 2. The molecule has 14 heteroatoms. The number of rotatable bonds is 6. The van der Waals surface area contributed by atoms with Crippen LogP contribution in [0.4, 0.5) is 45.2 Å². The van der Waals surface area contributed by atoms with Crippen molar-refractivity contribution in [2.24, 2.45) is 0 Å². The number of carbonyl (C=O) groups excluding carboxylic acids is 2. The predicted molar refractivity (Wildman–Crippen MR) is 131 cm³/mol. The van der Waals surface area contributed by atoms with E-state index in [0.29, 0.717) is 30.7 Å². The van der Waals surface area contributed by atoms with Crippen molar-refractivity contribution >= 4 is 18.1 Å². The normalized spacial score (nSPS) is 17.1. The molecular weight excluding hydrogens is 571 g/mol. The van der Waals surface area contributed by atoms with E-state index in [1.165, 1.54) is 6.07 Å². The van der Waals surface area contributed by atoms with Crippen LogP contribution in [-0.2, 0) is 39.4 Å². The van der Waals surface area contributed by atoms with Crippen molar-refractivity contribution in [3.63, 3.8) is 0 Å². The van der Waals surface area contributed by atoms with Crippen molar-refractivity contribution in [3.8, 4) is 0 Å². The van der Waals surface area contributed by atoms with E-state index < -0.39 is 59.3 Å². The van der Waals surface area contributed by atoms with Crippen LogP contribution in [0.15, 0.2) is 36.4 Å². The molecule has 0 saturated carbocycles. The van der Waals surface area contributed by atoms with E-state index in [0.717, 1.165) is 24.0 Å². The average molecular weight is 601 g/mol. The summed E-state index contributed by atoms with van der Waals surface area (Å²) < 4.78 is 124. The Kier molecular flexibility index (Phi) is 10.7. The molecule has 0 aromatic heterocycles. The quantitative estimate of drug-likeness (QED) is 0.270. The van der Waals surface area contributed by atoms with Crippen molar-refractivity contribution in [1.82, 2.24) is 4.90 Å². The standard InChI is InChI=1S/C23H21F9N2O.C4H8O2/c1-3-17-10-20(18-9-14(21(24,25)26)4-5-19(18)33-17)34(12(2)35)11-13-6-15(22(27,28)29)8-16(7-13)23(30,31)32;1-4(2)6-3-5/h4-9,17,20,33H,3,10-11H2,1-2H3;3-4H,1-2H3/t17-,20+;/m1./s1. The summed E-state index contributed by atoms with van der Waals surface area (Å²) in [6.45, 7) is 6.26. The lowest BCUT2D eigenvalue weighted by Gasteiger charge is -2.40. The minimum atomic E-state index is -5.08. The largest absolute Gasteiger partial charge is 0.465 e. The molecular formula is C27H29F9N2O3. The fourth-order valence-electron chi connectivity index (χ4n) is 4.24. The van der Waals surface area contributed by atoms with Crippen LogP contribution in [0.5, 0.6) is 0 Å². The Bertz CT molecular complexity index is 1180. The van der Waals surface area contributed by atoms with Crippen molar-refractivity contribution in [2.75, 3.05) is 5.32 Å². The van der Waals surface area contributed by atoms with Gasteiger partial charge in [-0.2, -0.15) is 39.5 Å². The van der Waals surface area contributed by atoms with Gasteiger partial charge in [-0.25, -0.2) is 0 Å². The van der Waals surface area contributed by atoms with Crippen molar-refractivity contribution in [2.45, 2.75) is 83.8 Å². The molecule has 1 N–H and O–H groups in total. The Labute approximate surface area is 230 Å². The predicted octanol–water partition coefficient (Wildman–Crippen LogP) is 7.99. The van der Waals surface area contributed by atoms with E-state index in [-0.39, 0.29) is 30.2 Å². The molecule has 41 heavy (non-hydrogen) atoms. The molecule has 0 saturated heterocycles. The summed E-state index contributed by atoms with van der Waals surface area (Å²) in [6, 6.07) is 2.64. The number of hydrogen-bond acceptors (Lipinski definition) is 4. The Hall–Kier alpha value is -3.45. The molecule has 0 bridgehead atoms. The smallest absolute Gasteiger partial charge is 0.416 e. The molecule has 0 radical (unpaired) electrons. The number of hydrogen-bond donors (Lipinski definition) is 1. The Balaban J connectivity index is 0.000000883. The molecule has 228 valence electrons. The molecule has 0 aliphatic carbocycles. The van der Waals surface area contributed by atoms with Crippen LogP contribution in [0.2, 0.25) is 0 Å². The van der Waals surface area contributed by atoms with Gasteiger partial charge in [0.05, 0.1) is 28.8 Å². The van der Waals surface area contributed by atoms with Crippen LogP contribution in [0, 0.1) is 0 Å². The number of amides is 1. The van der Waals surface area contributed by atoms with Gasteiger partial charge in [-0.15, -0.1) is 0 Å². The number of fused-ring (bicyclic) bond motifs is 1. The summed E-state index contributed by atoms with van der Waals surface area (Å²) in [5.74, 6) is -0.707. The van der Waals surface area contributed by atoms with Crippen LogP contribution in [0.25, 0.3) is 0 Å². The van der Waals surface area contributed by atoms with Crippen molar-refractivity contribution in [3.05, 3.63) is 64.2 Å². The molecule has 1 heterocycles. The van der Waals surface area contributed by atoms with Gasteiger partial charge in [0.15, 0.2) is 0 Å². The van der Waals surface area contributed by atoms with Gasteiger partial charge in [0, 0.05) is 25.2 Å². The van der Waals surface area contributed by atoms with Crippen LogP contribution >= 0.6 is 0 Å². The van der Waals surface area contributed by atoms with Crippen molar-refractivity contribution in [1.29, 1.82) is 0 Å². The summed E-state index contributed by atoms with van der Waals surface area (Å²) in [4.78, 5) is 22.9. The molecule has 1 aliphatic rings. The minimum absolute atomic E-state index is 0.0237. The van der Waals surface area contributed by atoms with E-state index in [9.17, 15) is 49.1 Å². The van der Waals surface area contributed by atoms with Crippen LogP contribution in [0.3, 0.4) is 0 Å². The first-order valence-corrected chi connectivity index (χ1v) is 12.4. The third-order valence-electron chi connectivity index (χ3n) is 6.21. The number of alkyl halides is 9. The maximum atomic E-state index is 13.3. The third-order valence-corrected chi connectivity index (χ3v) is 6.21. The van der Waals surface area contributed by atoms with Gasteiger partial charge in [0.1, 0.15) is 0 Å². The highest BCUT2D eigenvalue weighted by molar-refractivity contribution is 5.75. The van der Waals surface area contributed by atoms with E-state index >= 15 is 0 Å². The lowest BCUT2D eigenvalue weighted by atomic mass is 9.89. The Morgan fingerprint density at radius 1 is 0.951 bits per heavy atom. The second-order valence-corrected chi connectivity index (χ2v) is 9.64.